The number of anilines is 1. The zero-order chi connectivity index (χ0) is 10.6. The highest BCUT2D eigenvalue weighted by atomic mass is 16.6. The van der Waals surface area contributed by atoms with Crippen molar-refractivity contribution in [3.8, 4) is 0 Å². The number of benzene rings is 1. The lowest BCUT2D eigenvalue weighted by Gasteiger charge is -2.03. The molecule has 5 heteroatoms. The molecule has 0 aliphatic rings. The first-order chi connectivity index (χ1) is 6.65. The Morgan fingerprint density at radius 1 is 1.43 bits per heavy atom. The van der Waals surface area contributed by atoms with Crippen molar-refractivity contribution in [3.05, 3.63) is 33.9 Å². The molecule has 1 aromatic carbocycles. The molecule has 0 bridgehead atoms. The number of nitrogens with zero attached hydrogens (tertiary/aromatic N) is 1. The average Bonchev–Trinajstić information content (AvgIpc) is 2.16. The van der Waals surface area contributed by atoms with Crippen molar-refractivity contribution in [2.75, 3.05) is 12.3 Å². The number of nitro groups is 1. The third kappa shape index (κ3) is 2.43. The van der Waals surface area contributed by atoms with Crippen molar-refractivity contribution in [1.29, 1.82) is 0 Å². The molecule has 0 saturated carbocycles. The molecule has 0 spiro atoms. The molecule has 0 saturated heterocycles. The van der Waals surface area contributed by atoms with E-state index < -0.39 is 4.92 Å². The van der Waals surface area contributed by atoms with E-state index in [1.54, 1.807) is 6.07 Å². The third-order valence-electron chi connectivity index (χ3n) is 1.99. The standard InChI is InChI=1S/C9H13N3O2/c10-5-1-2-7-6-8(12(13)14)3-4-9(7)11/h3-4,6H,1-2,5,10-11H2. The van der Waals surface area contributed by atoms with Crippen LogP contribution in [0.2, 0.25) is 0 Å². The fraction of sp³-hybridized carbons (Fsp3) is 0.333. The Morgan fingerprint density at radius 2 is 2.14 bits per heavy atom. The predicted octanol–water partition coefficient (Wildman–Crippen LogP) is 1.07. The highest BCUT2D eigenvalue weighted by Gasteiger charge is 2.08. The molecule has 0 aliphatic carbocycles. The van der Waals surface area contributed by atoms with Gasteiger partial charge in [0.1, 0.15) is 0 Å². The lowest BCUT2D eigenvalue weighted by molar-refractivity contribution is -0.384. The number of nitrogens with two attached hydrogens (primary N) is 2. The molecule has 0 fully saturated rings. The van der Waals surface area contributed by atoms with E-state index in [1.807, 2.05) is 0 Å². The average molecular weight is 195 g/mol. The van der Waals surface area contributed by atoms with Gasteiger partial charge < -0.3 is 11.5 Å². The molecule has 0 radical (unpaired) electrons. The summed E-state index contributed by atoms with van der Waals surface area (Å²) < 4.78 is 0. The number of non-ortho nitro benzene ring substituents is 1. The Hall–Kier alpha value is -1.62. The van der Waals surface area contributed by atoms with Gasteiger partial charge in [-0.2, -0.15) is 0 Å². The zero-order valence-corrected chi connectivity index (χ0v) is 7.77. The van der Waals surface area contributed by atoms with Gasteiger partial charge in [-0.05, 0) is 31.0 Å². The number of nitro benzene ring substituents is 1. The first-order valence-electron chi connectivity index (χ1n) is 4.38. The Labute approximate surface area is 81.9 Å². The molecule has 0 unspecified atom stereocenters. The maximum atomic E-state index is 10.5. The summed E-state index contributed by atoms with van der Waals surface area (Å²) in [5.41, 5.74) is 12.5. The number of nitrogen functional groups attached to an aromatic ring is 1. The smallest absolute Gasteiger partial charge is 0.269 e. The summed E-state index contributed by atoms with van der Waals surface area (Å²) in [6, 6.07) is 4.47. The first-order valence-corrected chi connectivity index (χ1v) is 4.38. The number of hydrogen-bond acceptors (Lipinski definition) is 4. The maximum Gasteiger partial charge on any atom is 0.269 e. The molecule has 1 rings (SSSR count). The summed E-state index contributed by atoms with van der Waals surface area (Å²) in [6.45, 7) is 0.558. The molecule has 5 nitrogen and oxygen atoms in total. The van der Waals surface area contributed by atoms with Crippen molar-refractivity contribution < 1.29 is 4.92 Å². The van der Waals surface area contributed by atoms with E-state index >= 15 is 0 Å². The summed E-state index contributed by atoms with van der Waals surface area (Å²) in [6.07, 6.45) is 1.47. The Morgan fingerprint density at radius 3 is 2.71 bits per heavy atom. The number of aryl methyl sites for hydroxylation is 1. The van der Waals surface area contributed by atoms with Crippen LogP contribution in [0.3, 0.4) is 0 Å². The second-order valence-electron chi connectivity index (χ2n) is 3.03. The van der Waals surface area contributed by atoms with Gasteiger partial charge in [0.05, 0.1) is 4.92 Å². The minimum Gasteiger partial charge on any atom is -0.398 e. The maximum absolute atomic E-state index is 10.5. The number of hydrogen-bond donors (Lipinski definition) is 2. The lowest BCUT2D eigenvalue weighted by Crippen LogP contribution is -2.03. The fourth-order valence-electron chi connectivity index (χ4n) is 1.21. The van der Waals surface area contributed by atoms with Crippen LogP contribution in [0.25, 0.3) is 0 Å². The van der Waals surface area contributed by atoms with Crippen LogP contribution in [0.15, 0.2) is 18.2 Å². The normalized spacial score (nSPS) is 10.1. The van der Waals surface area contributed by atoms with E-state index in [2.05, 4.69) is 0 Å². The molecule has 1 aromatic rings. The van der Waals surface area contributed by atoms with Gasteiger partial charge in [0.2, 0.25) is 0 Å². The van der Waals surface area contributed by atoms with Gasteiger partial charge >= 0.3 is 0 Å². The molecule has 0 amide bonds. The second-order valence-corrected chi connectivity index (χ2v) is 3.03. The molecule has 0 aliphatic heterocycles. The summed E-state index contributed by atoms with van der Waals surface area (Å²) in [7, 11) is 0. The van der Waals surface area contributed by atoms with E-state index in [-0.39, 0.29) is 5.69 Å². The SMILES string of the molecule is NCCCc1cc([N+](=O)[O-])ccc1N. The van der Waals surface area contributed by atoms with Crippen LogP contribution in [0.4, 0.5) is 11.4 Å². The van der Waals surface area contributed by atoms with Crippen LogP contribution in [0.1, 0.15) is 12.0 Å². The Balaban J connectivity index is 2.90. The van der Waals surface area contributed by atoms with Crippen molar-refractivity contribution in [1.82, 2.24) is 0 Å². The molecular formula is C9H13N3O2. The van der Waals surface area contributed by atoms with E-state index in [9.17, 15) is 10.1 Å². The summed E-state index contributed by atoms with van der Waals surface area (Å²) in [5.74, 6) is 0. The van der Waals surface area contributed by atoms with Gasteiger partial charge in [0.25, 0.3) is 5.69 Å². The fourth-order valence-corrected chi connectivity index (χ4v) is 1.21. The van der Waals surface area contributed by atoms with Crippen LogP contribution in [0, 0.1) is 10.1 Å². The van der Waals surface area contributed by atoms with E-state index in [1.165, 1.54) is 12.1 Å². The molecule has 0 atom stereocenters. The van der Waals surface area contributed by atoms with E-state index in [0.29, 0.717) is 18.7 Å². The van der Waals surface area contributed by atoms with Crippen LogP contribution in [-0.4, -0.2) is 11.5 Å². The van der Waals surface area contributed by atoms with Crippen LogP contribution in [-0.2, 0) is 6.42 Å². The zero-order valence-electron chi connectivity index (χ0n) is 7.77. The summed E-state index contributed by atoms with van der Waals surface area (Å²) in [4.78, 5) is 10.1. The van der Waals surface area contributed by atoms with Crippen molar-refractivity contribution in [3.63, 3.8) is 0 Å². The molecule has 76 valence electrons. The molecule has 0 aromatic heterocycles. The molecule has 14 heavy (non-hydrogen) atoms. The predicted molar refractivity (Wildman–Crippen MR) is 54.9 cm³/mol. The minimum atomic E-state index is -0.425. The highest BCUT2D eigenvalue weighted by Crippen LogP contribution is 2.20. The monoisotopic (exact) mass is 195 g/mol. The first kappa shape index (κ1) is 10.5. The number of rotatable bonds is 4. The largest absolute Gasteiger partial charge is 0.398 e. The van der Waals surface area contributed by atoms with Crippen LogP contribution in [0.5, 0.6) is 0 Å². The highest BCUT2D eigenvalue weighted by molar-refractivity contribution is 5.52. The van der Waals surface area contributed by atoms with E-state index in [4.69, 9.17) is 11.5 Å². The van der Waals surface area contributed by atoms with Gasteiger partial charge in [0.15, 0.2) is 0 Å². The van der Waals surface area contributed by atoms with Gasteiger partial charge in [-0.25, -0.2) is 0 Å². The van der Waals surface area contributed by atoms with Crippen LogP contribution >= 0.6 is 0 Å². The summed E-state index contributed by atoms with van der Waals surface area (Å²) >= 11 is 0. The second kappa shape index (κ2) is 4.57. The molecule has 0 heterocycles. The van der Waals surface area contributed by atoms with Crippen molar-refractivity contribution >= 4 is 11.4 Å². The van der Waals surface area contributed by atoms with Gasteiger partial charge in [-0.1, -0.05) is 0 Å². The Kier molecular flexibility index (Phi) is 3.41. The van der Waals surface area contributed by atoms with Gasteiger partial charge in [-0.15, -0.1) is 0 Å². The molecular weight excluding hydrogens is 182 g/mol. The van der Waals surface area contributed by atoms with E-state index in [0.717, 1.165) is 12.0 Å². The van der Waals surface area contributed by atoms with Gasteiger partial charge in [-0.3, -0.25) is 10.1 Å². The Bertz CT molecular complexity index is 339. The van der Waals surface area contributed by atoms with Gasteiger partial charge in [0, 0.05) is 17.8 Å². The molecule has 4 N–H and O–H groups in total. The van der Waals surface area contributed by atoms with Crippen LogP contribution < -0.4 is 11.5 Å². The quantitative estimate of drug-likeness (QED) is 0.426. The van der Waals surface area contributed by atoms with Crippen molar-refractivity contribution in [2.45, 2.75) is 12.8 Å². The summed E-state index contributed by atoms with van der Waals surface area (Å²) in [5, 5.41) is 10.5. The minimum absolute atomic E-state index is 0.0752. The van der Waals surface area contributed by atoms with Crippen molar-refractivity contribution in [2.24, 2.45) is 5.73 Å². The topological polar surface area (TPSA) is 95.2 Å². The lowest BCUT2D eigenvalue weighted by atomic mass is 10.1. The third-order valence-corrected chi connectivity index (χ3v) is 1.99.